The highest BCUT2D eigenvalue weighted by atomic mass is 16.6. The number of carbonyl (C=O) groups is 1. The van der Waals surface area contributed by atoms with Gasteiger partial charge >= 0.3 is 5.69 Å². The number of rotatable bonds is 6. The SMILES string of the molecule is COc1ccc(C(=O)NNc2ncnc(NC(C)(C)C)c2[N+](=O)[O-])cc1. The first-order valence-electron chi connectivity index (χ1n) is 7.69. The summed E-state index contributed by atoms with van der Waals surface area (Å²) in [7, 11) is 1.52. The smallest absolute Gasteiger partial charge is 0.354 e. The van der Waals surface area contributed by atoms with E-state index in [1.165, 1.54) is 13.4 Å². The van der Waals surface area contributed by atoms with E-state index in [0.717, 1.165) is 0 Å². The fourth-order valence-corrected chi connectivity index (χ4v) is 2.02. The molecule has 0 bridgehead atoms. The fourth-order valence-electron chi connectivity index (χ4n) is 2.02. The van der Waals surface area contributed by atoms with E-state index in [9.17, 15) is 14.9 Å². The quantitative estimate of drug-likeness (QED) is 0.528. The van der Waals surface area contributed by atoms with Crippen molar-refractivity contribution < 1.29 is 14.5 Å². The molecule has 0 radical (unpaired) electrons. The number of hydrogen-bond acceptors (Lipinski definition) is 8. The number of benzene rings is 1. The Bertz CT molecular complexity index is 801. The molecule has 10 heteroatoms. The van der Waals surface area contributed by atoms with Crippen molar-refractivity contribution in [1.29, 1.82) is 0 Å². The minimum absolute atomic E-state index is 0.0543. The predicted molar refractivity (Wildman–Crippen MR) is 96.1 cm³/mol. The summed E-state index contributed by atoms with van der Waals surface area (Å²) in [6, 6.07) is 6.40. The van der Waals surface area contributed by atoms with Gasteiger partial charge in [-0.2, -0.15) is 0 Å². The van der Waals surface area contributed by atoms with Gasteiger partial charge in [0.2, 0.25) is 11.6 Å². The predicted octanol–water partition coefficient (Wildman–Crippen LogP) is 2.36. The van der Waals surface area contributed by atoms with Crippen molar-refractivity contribution in [1.82, 2.24) is 15.4 Å². The van der Waals surface area contributed by atoms with Crippen LogP contribution in [0.15, 0.2) is 30.6 Å². The Balaban J connectivity index is 2.19. The van der Waals surface area contributed by atoms with Gasteiger partial charge in [0.25, 0.3) is 5.91 Å². The molecule has 10 nitrogen and oxygen atoms in total. The second-order valence-electron chi connectivity index (χ2n) is 6.36. The molecule has 3 N–H and O–H groups in total. The van der Waals surface area contributed by atoms with Crippen molar-refractivity contribution in [3.05, 3.63) is 46.3 Å². The van der Waals surface area contributed by atoms with Crippen LogP contribution in [0, 0.1) is 10.1 Å². The van der Waals surface area contributed by atoms with Crippen molar-refractivity contribution in [2.24, 2.45) is 0 Å². The Labute approximate surface area is 150 Å². The number of hydrogen-bond donors (Lipinski definition) is 3. The Kier molecular flexibility index (Phi) is 5.55. The molecule has 0 saturated carbocycles. The van der Waals surface area contributed by atoms with Gasteiger partial charge in [-0.05, 0) is 45.0 Å². The zero-order valence-electron chi connectivity index (χ0n) is 14.9. The average Bonchev–Trinajstić information content (AvgIpc) is 2.58. The molecular weight excluding hydrogens is 340 g/mol. The maximum absolute atomic E-state index is 12.2. The molecule has 0 aliphatic rings. The molecule has 0 unspecified atom stereocenters. The molecule has 0 saturated heterocycles. The summed E-state index contributed by atoms with van der Waals surface area (Å²) < 4.78 is 5.03. The largest absolute Gasteiger partial charge is 0.497 e. The second kappa shape index (κ2) is 7.64. The van der Waals surface area contributed by atoms with E-state index in [1.807, 2.05) is 20.8 Å². The van der Waals surface area contributed by atoms with E-state index in [0.29, 0.717) is 11.3 Å². The lowest BCUT2D eigenvalue weighted by molar-refractivity contribution is -0.383. The Morgan fingerprint density at radius 1 is 1.15 bits per heavy atom. The van der Waals surface area contributed by atoms with Crippen molar-refractivity contribution in [2.75, 3.05) is 17.9 Å². The van der Waals surface area contributed by atoms with Gasteiger partial charge in [0.15, 0.2) is 0 Å². The van der Waals surface area contributed by atoms with Crippen LogP contribution in [-0.2, 0) is 0 Å². The molecule has 1 amide bonds. The number of anilines is 2. The van der Waals surface area contributed by atoms with Crippen LogP contribution in [0.5, 0.6) is 5.75 Å². The summed E-state index contributed by atoms with van der Waals surface area (Å²) >= 11 is 0. The van der Waals surface area contributed by atoms with Crippen molar-refractivity contribution in [3.63, 3.8) is 0 Å². The molecule has 0 fully saturated rings. The molecule has 1 aromatic heterocycles. The molecule has 1 aromatic carbocycles. The monoisotopic (exact) mass is 360 g/mol. The van der Waals surface area contributed by atoms with Crippen molar-refractivity contribution in [2.45, 2.75) is 26.3 Å². The number of nitro groups is 1. The highest BCUT2D eigenvalue weighted by Gasteiger charge is 2.26. The maximum Gasteiger partial charge on any atom is 0.354 e. The normalized spacial score (nSPS) is 10.8. The lowest BCUT2D eigenvalue weighted by atomic mass is 10.1. The first-order valence-corrected chi connectivity index (χ1v) is 7.69. The average molecular weight is 360 g/mol. The third kappa shape index (κ3) is 4.79. The standard InChI is InChI=1S/C16H20N6O4/c1-16(2,3)19-13-12(22(24)25)14(18-9-17-13)20-21-15(23)10-5-7-11(26-4)8-6-10/h5-9H,1-4H3,(H,21,23)(H2,17,18,19,20). The summed E-state index contributed by atoms with van der Waals surface area (Å²) in [5.74, 6) is 0.0574. The highest BCUT2D eigenvalue weighted by Crippen LogP contribution is 2.30. The van der Waals surface area contributed by atoms with Gasteiger partial charge in [-0.3, -0.25) is 25.8 Å². The molecule has 0 aliphatic heterocycles. The minimum atomic E-state index is -0.615. The summed E-state index contributed by atoms with van der Waals surface area (Å²) in [4.78, 5) is 30.8. The number of ether oxygens (including phenoxy) is 1. The Morgan fingerprint density at radius 3 is 2.31 bits per heavy atom. The van der Waals surface area contributed by atoms with Crippen LogP contribution in [0.1, 0.15) is 31.1 Å². The van der Waals surface area contributed by atoms with Gasteiger partial charge in [-0.1, -0.05) is 0 Å². The summed E-state index contributed by atoms with van der Waals surface area (Å²) in [6.45, 7) is 5.53. The maximum atomic E-state index is 12.2. The van der Waals surface area contributed by atoms with Crippen LogP contribution in [-0.4, -0.2) is 33.4 Å². The van der Waals surface area contributed by atoms with E-state index < -0.39 is 16.4 Å². The molecule has 2 aromatic rings. The molecular formula is C16H20N6O4. The molecule has 26 heavy (non-hydrogen) atoms. The highest BCUT2D eigenvalue weighted by molar-refractivity contribution is 5.95. The van der Waals surface area contributed by atoms with E-state index in [4.69, 9.17) is 4.74 Å². The summed E-state index contributed by atoms with van der Waals surface area (Å²) in [5, 5.41) is 14.4. The third-order valence-corrected chi connectivity index (χ3v) is 3.14. The number of methoxy groups -OCH3 is 1. The molecule has 0 spiro atoms. The van der Waals surface area contributed by atoms with Gasteiger partial charge in [-0.25, -0.2) is 9.97 Å². The Hall–Kier alpha value is -3.43. The van der Waals surface area contributed by atoms with Gasteiger partial charge in [0.1, 0.15) is 12.1 Å². The minimum Gasteiger partial charge on any atom is -0.497 e. The molecule has 0 aliphatic carbocycles. The van der Waals surface area contributed by atoms with Gasteiger partial charge in [-0.15, -0.1) is 0 Å². The molecule has 1 heterocycles. The number of nitrogens with one attached hydrogen (secondary N) is 3. The summed E-state index contributed by atoms with van der Waals surface area (Å²) in [5.41, 5.74) is 4.41. The van der Waals surface area contributed by atoms with Crippen LogP contribution in [0.25, 0.3) is 0 Å². The van der Waals surface area contributed by atoms with E-state index in [-0.39, 0.29) is 17.3 Å². The lowest BCUT2D eigenvalue weighted by Crippen LogP contribution is -2.31. The first kappa shape index (κ1) is 18.9. The Morgan fingerprint density at radius 2 is 1.77 bits per heavy atom. The van der Waals surface area contributed by atoms with E-state index >= 15 is 0 Å². The lowest BCUT2D eigenvalue weighted by Gasteiger charge is -2.21. The van der Waals surface area contributed by atoms with Crippen LogP contribution in [0.3, 0.4) is 0 Å². The number of hydrazine groups is 1. The topological polar surface area (TPSA) is 131 Å². The molecule has 0 atom stereocenters. The number of carbonyl (C=O) groups excluding carboxylic acids is 1. The molecule has 138 valence electrons. The van der Waals surface area contributed by atoms with Crippen LogP contribution in [0.4, 0.5) is 17.3 Å². The van der Waals surface area contributed by atoms with Gasteiger partial charge < -0.3 is 10.1 Å². The zero-order chi connectivity index (χ0) is 19.3. The van der Waals surface area contributed by atoms with Crippen LogP contribution < -0.4 is 20.9 Å². The van der Waals surface area contributed by atoms with Gasteiger partial charge in [0.05, 0.1) is 12.0 Å². The fraction of sp³-hybridized carbons (Fsp3) is 0.312. The van der Waals surface area contributed by atoms with Crippen molar-refractivity contribution in [3.8, 4) is 5.75 Å². The first-order chi connectivity index (χ1) is 12.2. The number of amides is 1. The zero-order valence-corrected chi connectivity index (χ0v) is 14.9. The second-order valence-corrected chi connectivity index (χ2v) is 6.36. The van der Waals surface area contributed by atoms with Crippen molar-refractivity contribution >= 4 is 23.2 Å². The van der Waals surface area contributed by atoms with Crippen LogP contribution >= 0.6 is 0 Å². The molecule has 2 rings (SSSR count). The van der Waals surface area contributed by atoms with Crippen LogP contribution in [0.2, 0.25) is 0 Å². The van der Waals surface area contributed by atoms with Gasteiger partial charge in [0, 0.05) is 11.1 Å². The number of nitrogens with zero attached hydrogens (tertiary/aromatic N) is 3. The number of aromatic nitrogens is 2. The summed E-state index contributed by atoms with van der Waals surface area (Å²) in [6.07, 6.45) is 1.17. The third-order valence-electron chi connectivity index (χ3n) is 3.14. The van der Waals surface area contributed by atoms with E-state index in [2.05, 4.69) is 26.1 Å². The van der Waals surface area contributed by atoms with E-state index in [1.54, 1.807) is 24.3 Å².